The third kappa shape index (κ3) is 3.28. The van der Waals surface area contributed by atoms with E-state index in [9.17, 15) is 4.79 Å². The fraction of sp³-hybridized carbons (Fsp3) is 0.400. The second-order valence-corrected chi connectivity index (χ2v) is 6.20. The Hall–Kier alpha value is -1.79. The number of carbonyl (C=O) groups is 1. The number of rotatable bonds is 4. The average molecular weight is 302 g/mol. The fourth-order valence-corrected chi connectivity index (χ4v) is 3.30. The van der Waals surface area contributed by atoms with Crippen LogP contribution < -0.4 is 0 Å². The van der Waals surface area contributed by atoms with Crippen LogP contribution in [0.1, 0.15) is 21.9 Å². The summed E-state index contributed by atoms with van der Waals surface area (Å²) in [6.07, 6.45) is 4.52. The van der Waals surface area contributed by atoms with E-state index in [0.717, 1.165) is 30.2 Å². The van der Waals surface area contributed by atoms with Crippen LogP contribution in [-0.2, 0) is 6.54 Å². The Morgan fingerprint density at radius 3 is 2.95 bits per heavy atom. The normalized spacial score (nSPS) is 18.4. The van der Waals surface area contributed by atoms with Gasteiger partial charge in [0.05, 0.1) is 11.4 Å². The molecule has 5 nitrogen and oxygen atoms in total. The molecular formula is C15H18N4OS. The van der Waals surface area contributed by atoms with Crippen LogP contribution in [0.2, 0.25) is 0 Å². The molecule has 0 aliphatic carbocycles. The number of likely N-dealkylation sites (tertiary alicyclic amines) is 1. The first-order valence-corrected chi connectivity index (χ1v) is 7.91. The number of likely N-dealkylation sites (N-methyl/N-ethyl adjacent to an activating group) is 1. The Labute approximate surface area is 128 Å². The number of hydrogen-bond acceptors (Lipinski definition) is 5. The fourth-order valence-electron chi connectivity index (χ4n) is 2.61. The molecule has 1 amide bonds. The maximum Gasteiger partial charge on any atom is 0.263 e. The monoisotopic (exact) mass is 302 g/mol. The highest BCUT2D eigenvalue weighted by Gasteiger charge is 2.29. The Balaban J connectivity index is 1.58. The predicted octanol–water partition coefficient (Wildman–Crippen LogP) is 1.88. The Bertz CT molecular complexity index is 587. The minimum absolute atomic E-state index is 0.150. The summed E-state index contributed by atoms with van der Waals surface area (Å²) in [6.45, 7) is 2.31. The van der Waals surface area contributed by atoms with E-state index in [1.54, 1.807) is 12.4 Å². The highest BCUT2D eigenvalue weighted by Crippen LogP contribution is 2.20. The molecule has 0 aromatic carbocycles. The number of nitrogens with zero attached hydrogens (tertiary/aromatic N) is 4. The van der Waals surface area contributed by atoms with Gasteiger partial charge in [0.25, 0.3) is 5.91 Å². The zero-order valence-corrected chi connectivity index (χ0v) is 12.8. The van der Waals surface area contributed by atoms with Gasteiger partial charge in [-0.05, 0) is 31.0 Å². The molecule has 0 spiro atoms. The molecule has 0 bridgehead atoms. The Morgan fingerprint density at radius 1 is 1.43 bits per heavy atom. The first kappa shape index (κ1) is 14.2. The van der Waals surface area contributed by atoms with Crippen LogP contribution in [0.3, 0.4) is 0 Å². The largest absolute Gasteiger partial charge is 0.336 e. The minimum atomic E-state index is 0.150. The molecule has 3 rings (SSSR count). The van der Waals surface area contributed by atoms with Gasteiger partial charge >= 0.3 is 0 Å². The van der Waals surface area contributed by atoms with Crippen molar-refractivity contribution in [2.75, 3.05) is 20.1 Å². The van der Waals surface area contributed by atoms with E-state index in [1.165, 1.54) is 11.3 Å². The quantitative estimate of drug-likeness (QED) is 0.865. The van der Waals surface area contributed by atoms with Gasteiger partial charge in [0, 0.05) is 31.5 Å². The molecule has 2 aromatic heterocycles. The number of thiophene rings is 1. The lowest BCUT2D eigenvalue weighted by Gasteiger charge is -2.23. The minimum Gasteiger partial charge on any atom is -0.336 e. The topological polar surface area (TPSA) is 49.3 Å². The smallest absolute Gasteiger partial charge is 0.263 e. The zero-order chi connectivity index (χ0) is 14.7. The van der Waals surface area contributed by atoms with Gasteiger partial charge in [-0.15, -0.1) is 11.3 Å². The van der Waals surface area contributed by atoms with E-state index in [0.29, 0.717) is 12.6 Å². The van der Waals surface area contributed by atoms with Gasteiger partial charge in [-0.1, -0.05) is 6.07 Å². The highest BCUT2D eigenvalue weighted by molar-refractivity contribution is 7.12. The molecular weight excluding hydrogens is 284 g/mol. The van der Waals surface area contributed by atoms with Crippen molar-refractivity contribution in [3.8, 4) is 0 Å². The molecule has 1 unspecified atom stereocenters. The van der Waals surface area contributed by atoms with Gasteiger partial charge < -0.3 is 4.90 Å². The van der Waals surface area contributed by atoms with E-state index in [1.807, 2.05) is 28.5 Å². The van der Waals surface area contributed by atoms with Gasteiger partial charge in [-0.2, -0.15) is 0 Å². The van der Waals surface area contributed by atoms with Crippen LogP contribution in [0.5, 0.6) is 0 Å². The summed E-state index contributed by atoms with van der Waals surface area (Å²) < 4.78 is 0. The standard InChI is InChI=1S/C15H18N4OS/c1-18(11-14-16-6-3-7-17-14)12-5-8-19(10-12)15(20)13-4-2-9-21-13/h2-4,6-7,9,12H,5,8,10-11H2,1H3. The molecule has 0 saturated carbocycles. The van der Waals surface area contributed by atoms with Crippen LogP contribution in [0.25, 0.3) is 0 Å². The van der Waals surface area contributed by atoms with E-state index in [2.05, 4.69) is 21.9 Å². The lowest BCUT2D eigenvalue weighted by molar-refractivity contribution is 0.0784. The van der Waals surface area contributed by atoms with Gasteiger partial charge in [-0.3, -0.25) is 9.69 Å². The van der Waals surface area contributed by atoms with Gasteiger partial charge in [0.15, 0.2) is 0 Å². The second kappa shape index (κ2) is 6.32. The summed E-state index contributed by atoms with van der Waals surface area (Å²) in [5, 5.41) is 1.94. The summed E-state index contributed by atoms with van der Waals surface area (Å²) >= 11 is 1.51. The third-order valence-electron chi connectivity index (χ3n) is 3.82. The molecule has 0 N–H and O–H groups in total. The molecule has 6 heteroatoms. The van der Waals surface area contributed by atoms with Crippen molar-refractivity contribution in [2.45, 2.75) is 19.0 Å². The first-order chi connectivity index (χ1) is 10.2. The van der Waals surface area contributed by atoms with Crippen molar-refractivity contribution in [1.82, 2.24) is 19.8 Å². The summed E-state index contributed by atoms with van der Waals surface area (Å²) in [4.78, 5) is 25.8. The maximum atomic E-state index is 12.3. The number of carbonyl (C=O) groups excluding carboxylic acids is 1. The summed E-state index contributed by atoms with van der Waals surface area (Å²) in [5.74, 6) is 0.972. The highest BCUT2D eigenvalue weighted by atomic mass is 32.1. The molecule has 1 atom stereocenters. The molecule has 2 aromatic rings. The van der Waals surface area contributed by atoms with Crippen LogP contribution in [0.4, 0.5) is 0 Å². The first-order valence-electron chi connectivity index (χ1n) is 7.03. The summed E-state index contributed by atoms with van der Waals surface area (Å²) in [5.41, 5.74) is 0. The van der Waals surface area contributed by atoms with E-state index in [-0.39, 0.29) is 5.91 Å². The summed E-state index contributed by atoms with van der Waals surface area (Å²) in [7, 11) is 2.07. The lowest BCUT2D eigenvalue weighted by atomic mass is 10.2. The SMILES string of the molecule is CN(Cc1ncccn1)C1CCN(C(=O)c2cccs2)C1. The lowest BCUT2D eigenvalue weighted by Crippen LogP contribution is -2.36. The van der Waals surface area contributed by atoms with Crippen molar-refractivity contribution in [3.05, 3.63) is 46.7 Å². The van der Waals surface area contributed by atoms with Crippen LogP contribution in [0.15, 0.2) is 36.0 Å². The average Bonchev–Trinajstić information content (AvgIpc) is 3.19. The number of aromatic nitrogens is 2. The third-order valence-corrected chi connectivity index (χ3v) is 4.67. The van der Waals surface area contributed by atoms with Crippen molar-refractivity contribution in [2.24, 2.45) is 0 Å². The molecule has 110 valence electrons. The molecule has 0 radical (unpaired) electrons. The van der Waals surface area contributed by atoms with Crippen molar-refractivity contribution >= 4 is 17.2 Å². The summed E-state index contributed by atoms with van der Waals surface area (Å²) in [6, 6.07) is 6.00. The number of amides is 1. The zero-order valence-electron chi connectivity index (χ0n) is 12.0. The Kier molecular flexibility index (Phi) is 4.26. The van der Waals surface area contributed by atoms with Crippen molar-refractivity contribution in [1.29, 1.82) is 0 Å². The molecule has 1 saturated heterocycles. The van der Waals surface area contributed by atoms with E-state index >= 15 is 0 Å². The molecule has 21 heavy (non-hydrogen) atoms. The van der Waals surface area contributed by atoms with Crippen molar-refractivity contribution in [3.63, 3.8) is 0 Å². The van der Waals surface area contributed by atoms with Gasteiger partial charge in [0.2, 0.25) is 0 Å². The molecule has 1 aliphatic heterocycles. The number of hydrogen-bond donors (Lipinski definition) is 0. The molecule has 1 aliphatic rings. The molecule has 3 heterocycles. The van der Waals surface area contributed by atoms with Gasteiger partial charge in [-0.25, -0.2) is 9.97 Å². The van der Waals surface area contributed by atoms with Crippen LogP contribution >= 0.6 is 11.3 Å². The van der Waals surface area contributed by atoms with E-state index < -0.39 is 0 Å². The van der Waals surface area contributed by atoms with Gasteiger partial charge in [0.1, 0.15) is 5.82 Å². The predicted molar refractivity (Wildman–Crippen MR) is 82.1 cm³/mol. The second-order valence-electron chi connectivity index (χ2n) is 5.25. The molecule has 1 fully saturated rings. The van der Waals surface area contributed by atoms with Crippen LogP contribution in [-0.4, -0.2) is 51.9 Å². The maximum absolute atomic E-state index is 12.3. The Morgan fingerprint density at radius 2 is 2.24 bits per heavy atom. The van der Waals surface area contributed by atoms with E-state index in [4.69, 9.17) is 0 Å². The van der Waals surface area contributed by atoms with Crippen LogP contribution in [0, 0.1) is 0 Å². The van der Waals surface area contributed by atoms with Crippen molar-refractivity contribution < 1.29 is 4.79 Å².